The number of halogens is 1. The maximum absolute atomic E-state index is 3.80. The molecule has 0 aromatic heterocycles. The lowest BCUT2D eigenvalue weighted by atomic mass is 9.96. The van der Waals surface area contributed by atoms with Gasteiger partial charge in [-0.2, -0.15) is 0 Å². The molecule has 3 aromatic carbocycles. The summed E-state index contributed by atoms with van der Waals surface area (Å²) in [6.45, 7) is 0. The second kappa shape index (κ2) is 5.16. The molecule has 0 bridgehead atoms. The van der Waals surface area contributed by atoms with Gasteiger partial charge < -0.3 is 0 Å². The molecule has 0 nitrogen and oxygen atoms in total. The van der Waals surface area contributed by atoms with Gasteiger partial charge in [-0.15, -0.1) is 0 Å². The molecule has 21 heavy (non-hydrogen) atoms. The van der Waals surface area contributed by atoms with Crippen molar-refractivity contribution in [1.82, 2.24) is 0 Å². The normalized spacial score (nSPS) is 14.6. The van der Waals surface area contributed by atoms with Crippen LogP contribution in [0.5, 0.6) is 0 Å². The lowest BCUT2D eigenvalue weighted by molar-refractivity contribution is 1.04. The molecule has 1 aliphatic rings. The van der Waals surface area contributed by atoms with Gasteiger partial charge in [0.1, 0.15) is 0 Å². The Hall–Kier alpha value is -1.86. The molecule has 0 heterocycles. The third-order valence-electron chi connectivity index (χ3n) is 4.13. The number of rotatable bonds is 1. The van der Waals surface area contributed by atoms with Crippen molar-refractivity contribution >= 4 is 43.0 Å². The van der Waals surface area contributed by atoms with Crippen LogP contribution in [0.25, 0.3) is 27.1 Å². The Morgan fingerprint density at radius 2 is 1.67 bits per heavy atom. The fourth-order valence-corrected chi connectivity index (χ4v) is 3.72. The van der Waals surface area contributed by atoms with Crippen LogP contribution < -0.4 is 0 Å². The zero-order chi connectivity index (χ0) is 14.2. The average Bonchev–Trinajstić information content (AvgIpc) is 2.56. The van der Waals surface area contributed by atoms with Crippen LogP contribution >= 0.6 is 15.9 Å². The molecule has 1 heteroatoms. The highest BCUT2D eigenvalue weighted by Gasteiger charge is 2.08. The van der Waals surface area contributed by atoms with Gasteiger partial charge in [0.25, 0.3) is 0 Å². The van der Waals surface area contributed by atoms with Crippen LogP contribution in [0.3, 0.4) is 0 Å². The molecule has 0 unspecified atom stereocenters. The molecule has 3 aromatic rings. The van der Waals surface area contributed by atoms with E-state index in [1.165, 1.54) is 37.2 Å². The van der Waals surface area contributed by atoms with Gasteiger partial charge in [0.05, 0.1) is 0 Å². The molecule has 1 aliphatic carbocycles. The van der Waals surface area contributed by atoms with Gasteiger partial charge in [0, 0.05) is 4.47 Å². The molecule has 102 valence electrons. The highest BCUT2D eigenvalue weighted by molar-refractivity contribution is 9.10. The van der Waals surface area contributed by atoms with Crippen molar-refractivity contribution in [3.8, 4) is 0 Å². The highest BCUT2D eigenvalue weighted by atomic mass is 79.9. The van der Waals surface area contributed by atoms with Crippen molar-refractivity contribution in [1.29, 1.82) is 0 Å². The standard InChI is InChI=1S/C20H15Br/c21-20-18-9-5-4-8-16(18)12-17-11-10-15(13-19(17)20)14-6-2-1-3-7-14/h2,4-13H,1,3H2. The number of fused-ring (bicyclic) bond motifs is 2. The van der Waals surface area contributed by atoms with E-state index in [1.54, 1.807) is 0 Å². The maximum atomic E-state index is 3.80. The van der Waals surface area contributed by atoms with Gasteiger partial charge in [-0.3, -0.25) is 0 Å². The van der Waals surface area contributed by atoms with Gasteiger partial charge >= 0.3 is 0 Å². The molecule has 0 N–H and O–H groups in total. The van der Waals surface area contributed by atoms with Gasteiger partial charge in [-0.05, 0) is 73.6 Å². The Kier molecular flexibility index (Phi) is 3.16. The minimum Gasteiger partial charge on any atom is -0.0836 e. The number of benzene rings is 3. The maximum Gasteiger partial charge on any atom is 0.0332 e. The van der Waals surface area contributed by atoms with Gasteiger partial charge in [0.15, 0.2) is 0 Å². The molecule has 0 atom stereocenters. The van der Waals surface area contributed by atoms with Crippen LogP contribution in [-0.2, 0) is 0 Å². The quantitative estimate of drug-likeness (QED) is 0.446. The topological polar surface area (TPSA) is 0 Å². The van der Waals surface area contributed by atoms with Crippen molar-refractivity contribution in [2.45, 2.75) is 12.8 Å². The molecular formula is C20H15Br. The van der Waals surface area contributed by atoms with Gasteiger partial charge in [-0.25, -0.2) is 0 Å². The summed E-state index contributed by atoms with van der Waals surface area (Å²) in [5.74, 6) is 0. The first-order valence-electron chi connectivity index (χ1n) is 7.31. The zero-order valence-electron chi connectivity index (χ0n) is 11.6. The minimum absolute atomic E-state index is 1.14. The van der Waals surface area contributed by atoms with Crippen molar-refractivity contribution in [2.75, 3.05) is 0 Å². The zero-order valence-corrected chi connectivity index (χ0v) is 13.2. The predicted molar refractivity (Wildman–Crippen MR) is 95.5 cm³/mol. The smallest absolute Gasteiger partial charge is 0.0332 e. The molecule has 0 saturated carbocycles. The number of allylic oxidation sites excluding steroid dienone is 4. The Morgan fingerprint density at radius 1 is 0.810 bits per heavy atom. The average molecular weight is 335 g/mol. The van der Waals surface area contributed by atoms with Crippen LogP contribution in [0.4, 0.5) is 0 Å². The van der Waals surface area contributed by atoms with E-state index in [1.807, 2.05) is 0 Å². The van der Waals surface area contributed by atoms with Crippen LogP contribution in [0.15, 0.2) is 71.2 Å². The van der Waals surface area contributed by atoms with E-state index in [2.05, 4.69) is 82.7 Å². The number of hydrogen-bond acceptors (Lipinski definition) is 0. The molecular weight excluding hydrogens is 320 g/mol. The molecule has 0 amide bonds. The summed E-state index contributed by atoms with van der Waals surface area (Å²) in [7, 11) is 0. The molecule has 0 fully saturated rings. The lowest BCUT2D eigenvalue weighted by Gasteiger charge is -2.11. The minimum atomic E-state index is 1.14. The summed E-state index contributed by atoms with van der Waals surface area (Å²) in [6.07, 6.45) is 9.12. The first kappa shape index (κ1) is 12.8. The van der Waals surface area contributed by atoms with Crippen molar-refractivity contribution in [3.05, 3.63) is 76.8 Å². The van der Waals surface area contributed by atoms with E-state index < -0.39 is 0 Å². The summed E-state index contributed by atoms with van der Waals surface area (Å²) in [5, 5.41) is 5.12. The second-order valence-electron chi connectivity index (χ2n) is 5.49. The van der Waals surface area contributed by atoms with Crippen molar-refractivity contribution in [3.63, 3.8) is 0 Å². The van der Waals surface area contributed by atoms with E-state index in [9.17, 15) is 0 Å². The first-order chi connectivity index (χ1) is 10.3. The SMILES string of the molecule is Brc1c2ccccc2cc2ccc(C3=CCCC=C3)cc12. The first-order valence-corrected chi connectivity index (χ1v) is 8.10. The largest absolute Gasteiger partial charge is 0.0836 e. The molecule has 0 aliphatic heterocycles. The summed E-state index contributed by atoms with van der Waals surface area (Å²) < 4.78 is 1.19. The summed E-state index contributed by atoms with van der Waals surface area (Å²) >= 11 is 3.80. The van der Waals surface area contributed by atoms with E-state index in [0.29, 0.717) is 0 Å². The van der Waals surface area contributed by atoms with Crippen LogP contribution in [0, 0.1) is 0 Å². The second-order valence-corrected chi connectivity index (χ2v) is 6.28. The Bertz CT molecular complexity index is 900. The number of hydrogen-bond donors (Lipinski definition) is 0. The summed E-state index contributed by atoms with van der Waals surface area (Å²) in [4.78, 5) is 0. The Morgan fingerprint density at radius 3 is 2.52 bits per heavy atom. The third-order valence-corrected chi connectivity index (χ3v) is 4.98. The van der Waals surface area contributed by atoms with Crippen LogP contribution in [0.1, 0.15) is 18.4 Å². The molecule has 0 spiro atoms. The summed E-state index contributed by atoms with van der Waals surface area (Å²) in [6, 6.07) is 17.5. The lowest BCUT2D eigenvalue weighted by Crippen LogP contribution is -1.87. The van der Waals surface area contributed by atoms with Crippen LogP contribution in [-0.4, -0.2) is 0 Å². The summed E-state index contributed by atoms with van der Waals surface area (Å²) in [5.41, 5.74) is 2.64. The van der Waals surface area contributed by atoms with Crippen molar-refractivity contribution < 1.29 is 0 Å². The van der Waals surface area contributed by atoms with Gasteiger partial charge in [0.2, 0.25) is 0 Å². The molecule has 0 radical (unpaired) electrons. The van der Waals surface area contributed by atoms with Crippen molar-refractivity contribution in [2.24, 2.45) is 0 Å². The van der Waals surface area contributed by atoms with E-state index >= 15 is 0 Å². The fraction of sp³-hybridized carbons (Fsp3) is 0.100. The fourth-order valence-electron chi connectivity index (χ4n) is 3.01. The van der Waals surface area contributed by atoms with Gasteiger partial charge in [-0.1, -0.05) is 54.6 Å². The van der Waals surface area contributed by atoms with Crippen LogP contribution in [0.2, 0.25) is 0 Å². The Balaban J connectivity index is 1.98. The highest BCUT2D eigenvalue weighted by Crippen LogP contribution is 2.34. The monoisotopic (exact) mass is 334 g/mol. The van der Waals surface area contributed by atoms with E-state index in [0.717, 1.165) is 12.8 Å². The predicted octanol–water partition coefficient (Wildman–Crippen LogP) is 6.49. The molecule has 0 saturated heterocycles. The third kappa shape index (κ3) is 2.22. The van der Waals surface area contributed by atoms with E-state index in [4.69, 9.17) is 0 Å². The molecule has 4 rings (SSSR count). The van der Waals surface area contributed by atoms with E-state index in [-0.39, 0.29) is 0 Å². The Labute approximate surface area is 132 Å².